The van der Waals surface area contributed by atoms with Gasteiger partial charge in [-0.1, -0.05) is 20.3 Å². The van der Waals surface area contributed by atoms with E-state index in [2.05, 4.69) is 25.8 Å². The second-order valence-corrected chi connectivity index (χ2v) is 4.30. The first-order valence-electron chi connectivity index (χ1n) is 6.07. The van der Waals surface area contributed by atoms with Crippen LogP contribution in [0.4, 0.5) is 0 Å². The Hall–Kier alpha value is -0.120. The zero-order chi connectivity index (χ0) is 11.7. The Labute approximate surface area is 95.0 Å². The van der Waals surface area contributed by atoms with Gasteiger partial charge in [-0.25, -0.2) is 0 Å². The summed E-state index contributed by atoms with van der Waals surface area (Å²) in [7, 11) is 3.93. The number of hydrogen-bond acceptors (Lipinski definition) is 3. The van der Waals surface area contributed by atoms with Gasteiger partial charge in [-0.15, -0.1) is 0 Å². The van der Waals surface area contributed by atoms with Gasteiger partial charge in [0.15, 0.2) is 0 Å². The van der Waals surface area contributed by atoms with Crippen molar-refractivity contribution in [3.05, 3.63) is 0 Å². The van der Waals surface area contributed by atoms with Crippen molar-refractivity contribution in [2.45, 2.75) is 45.1 Å². The highest BCUT2D eigenvalue weighted by Crippen LogP contribution is 2.23. The molecule has 0 radical (unpaired) electrons. The monoisotopic (exact) mass is 216 g/mol. The summed E-state index contributed by atoms with van der Waals surface area (Å²) in [6.07, 6.45) is 4.59. The minimum Gasteiger partial charge on any atom is -0.385 e. The van der Waals surface area contributed by atoms with E-state index in [1.807, 2.05) is 0 Å². The zero-order valence-electron chi connectivity index (χ0n) is 10.9. The Balaban J connectivity index is 4.19. The lowest BCUT2D eigenvalue weighted by Gasteiger charge is -2.40. The standard InChI is InChI=1S/C12H28N2O/c1-5-8-12(6-2,11-13)14(3)9-7-10-15-4/h5-11,13H2,1-4H3. The molecule has 0 aliphatic heterocycles. The molecule has 0 amide bonds. The first-order chi connectivity index (χ1) is 7.16. The Bertz CT molecular complexity index is 147. The fourth-order valence-corrected chi connectivity index (χ4v) is 2.19. The van der Waals surface area contributed by atoms with Crippen molar-refractivity contribution in [2.75, 3.05) is 33.9 Å². The number of likely N-dealkylation sites (N-methyl/N-ethyl adjacent to an activating group) is 1. The minimum atomic E-state index is 0.197. The number of ether oxygens (including phenoxy) is 1. The highest BCUT2D eigenvalue weighted by molar-refractivity contribution is 4.88. The molecule has 0 heterocycles. The lowest BCUT2D eigenvalue weighted by Crippen LogP contribution is -2.52. The second kappa shape index (κ2) is 8.08. The first-order valence-corrected chi connectivity index (χ1v) is 6.07. The molecule has 0 saturated heterocycles. The first kappa shape index (κ1) is 14.9. The molecule has 0 aliphatic carbocycles. The molecule has 0 aromatic heterocycles. The van der Waals surface area contributed by atoms with Crippen LogP contribution in [0.5, 0.6) is 0 Å². The predicted molar refractivity (Wildman–Crippen MR) is 66.1 cm³/mol. The summed E-state index contributed by atoms with van der Waals surface area (Å²) >= 11 is 0. The molecule has 3 nitrogen and oxygen atoms in total. The number of methoxy groups -OCH3 is 1. The Morgan fingerprint density at radius 1 is 1.33 bits per heavy atom. The molecule has 92 valence electrons. The normalized spacial score (nSPS) is 15.6. The SMILES string of the molecule is CCCC(CC)(CN)N(C)CCCOC. The summed E-state index contributed by atoms with van der Waals surface area (Å²) in [6, 6.07) is 0. The number of nitrogens with two attached hydrogens (primary N) is 1. The van der Waals surface area contributed by atoms with Crippen LogP contribution in [0.25, 0.3) is 0 Å². The van der Waals surface area contributed by atoms with Crippen LogP contribution in [-0.4, -0.2) is 44.3 Å². The average molecular weight is 216 g/mol. The maximum absolute atomic E-state index is 5.94. The topological polar surface area (TPSA) is 38.5 Å². The van der Waals surface area contributed by atoms with Crippen LogP contribution in [0.2, 0.25) is 0 Å². The second-order valence-electron chi connectivity index (χ2n) is 4.30. The van der Waals surface area contributed by atoms with E-state index >= 15 is 0 Å². The summed E-state index contributed by atoms with van der Waals surface area (Å²) in [6.45, 7) is 7.11. The van der Waals surface area contributed by atoms with E-state index in [4.69, 9.17) is 10.5 Å². The fraction of sp³-hybridized carbons (Fsp3) is 1.00. The van der Waals surface area contributed by atoms with Gasteiger partial charge in [-0.05, 0) is 26.3 Å². The third-order valence-electron chi connectivity index (χ3n) is 3.41. The van der Waals surface area contributed by atoms with Crippen molar-refractivity contribution in [2.24, 2.45) is 5.73 Å². The van der Waals surface area contributed by atoms with Gasteiger partial charge >= 0.3 is 0 Å². The van der Waals surface area contributed by atoms with Gasteiger partial charge in [-0.3, -0.25) is 4.90 Å². The Kier molecular flexibility index (Phi) is 8.02. The maximum atomic E-state index is 5.94. The zero-order valence-corrected chi connectivity index (χ0v) is 10.9. The molecular formula is C12H28N2O. The quantitative estimate of drug-likeness (QED) is 0.598. The molecular weight excluding hydrogens is 188 g/mol. The molecule has 0 aromatic carbocycles. The largest absolute Gasteiger partial charge is 0.385 e. The van der Waals surface area contributed by atoms with E-state index in [1.54, 1.807) is 7.11 Å². The van der Waals surface area contributed by atoms with Crippen LogP contribution in [-0.2, 0) is 4.74 Å². The van der Waals surface area contributed by atoms with Gasteiger partial charge in [0, 0.05) is 32.3 Å². The van der Waals surface area contributed by atoms with Gasteiger partial charge < -0.3 is 10.5 Å². The minimum absolute atomic E-state index is 0.197. The maximum Gasteiger partial charge on any atom is 0.0474 e. The van der Waals surface area contributed by atoms with E-state index in [0.29, 0.717) is 0 Å². The van der Waals surface area contributed by atoms with E-state index in [1.165, 1.54) is 12.8 Å². The van der Waals surface area contributed by atoms with Crippen molar-refractivity contribution in [3.8, 4) is 0 Å². The molecule has 1 unspecified atom stereocenters. The van der Waals surface area contributed by atoms with Gasteiger partial charge in [0.05, 0.1) is 0 Å². The van der Waals surface area contributed by atoms with Gasteiger partial charge in [0.25, 0.3) is 0 Å². The van der Waals surface area contributed by atoms with Crippen molar-refractivity contribution < 1.29 is 4.74 Å². The lowest BCUT2D eigenvalue weighted by molar-refractivity contribution is 0.0938. The number of rotatable bonds is 9. The summed E-state index contributed by atoms with van der Waals surface area (Å²) in [5.41, 5.74) is 6.13. The summed E-state index contributed by atoms with van der Waals surface area (Å²) in [4.78, 5) is 2.41. The van der Waals surface area contributed by atoms with Gasteiger partial charge in [0.1, 0.15) is 0 Å². The van der Waals surface area contributed by atoms with Crippen molar-refractivity contribution in [1.29, 1.82) is 0 Å². The number of nitrogens with zero attached hydrogens (tertiary/aromatic N) is 1. The average Bonchev–Trinajstić information content (AvgIpc) is 2.26. The van der Waals surface area contributed by atoms with E-state index in [-0.39, 0.29) is 5.54 Å². The molecule has 0 fully saturated rings. The molecule has 0 rings (SSSR count). The number of hydrogen-bond donors (Lipinski definition) is 1. The van der Waals surface area contributed by atoms with Crippen molar-refractivity contribution in [1.82, 2.24) is 4.90 Å². The summed E-state index contributed by atoms with van der Waals surface area (Å²) in [5, 5.41) is 0. The molecule has 0 aromatic rings. The van der Waals surface area contributed by atoms with Gasteiger partial charge in [0.2, 0.25) is 0 Å². The van der Waals surface area contributed by atoms with Crippen molar-refractivity contribution >= 4 is 0 Å². The molecule has 2 N–H and O–H groups in total. The van der Waals surface area contributed by atoms with Crippen molar-refractivity contribution in [3.63, 3.8) is 0 Å². The van der Waals surface area contributed by atoms with Gasteiger partial charge in [-0.2, -0.15) is 0 Å². The van der Waals surface area contributed by atoms with Crippen LogP contribution in [0.3, 0.4) is 0 Å². The Morgan fingerprint density at radius 2 is 2.00 bits per heavy atom. The third kappa shape index (κ3) is 4.49. The molecule has 0 bridgehead atoms. The summed E-state index contributed by atoms with van der Waals surface area (Å²) in [5.74, 6) is 0. The highest BCUT2D eigenvalue weighted by atomic mass is 16.5. The van der Waals surface area contributed by atoms with E-state index in [0.717, 1.165) is 32.5 Å². The van der Waals surface area contributed by atoms with Crippen LogP contribution in [0, 0.1) is 0 Å². The van der Waals surface area contributed by atoms with Crippen LogP contribution in [0.1, 0.15) is 39.5 Å². The molecule has 0 spiro atoms. The molecule has 3 heteroatoms. The van der Waals surface area contributed by atoms with Crippen LogP contribution in [0.15, 0.2) is 0 Å². The predicted octanol–water partition coefficient (Wildman–Crippen LogP) is 1.86. The Morgan fingerprint density at radius 3 is 2.40 bits per heavy atom. The molecule has 0 saturated carbocycles. The smallest absolute Gasteiger partial charge is 0.0474 e. The van der Waals surface area contributed by atoms with E-state index < -0.39 is 0 Å². The molecule has 0 aliphatic rings. The fourth-order valence-electron chi connectivity index (χ4n) is 2.19. The molecule has 1 atom stereocenters. The highest BCUT2D eigenvalue weighted by Gasteiger charge is 2.29. The van der Waals surface area contributed by atoms with Crippen LogP contribution < -0.4 is 5.73 Å². The third-order valence-corrected chi connectivity index (χ3v) is 3.41. The summed E-state index contributed by atoms with van der Waals surface area (Å²) < 4.78 is 5.07. The van der Waals surface area contributed by atoms with Crippen LogP contribution >= 0.6 is 0 Å². The molecule has 15 heavy (non-hydrogen) atoms. The lowest BCUT2D eigenvalue weighted by atomic mass is 9.89. The van der Waals surface area contributed by atoms with E-state index in [9.17, 15) is 0 Å².